The number of rotatable bonds is 5. The molecule has 0 bridgehead atoms. The maximum Gasteiger partial charge on any atom is 0.430 e. The minimum absolute atomic E-state index is 0.0645. The molecule has 0 aromatic heterocycles. The second kappa shape index (κ2) is 8.05. The molecule has 0 amide bonds. The van der Waals surface area contributed by atoms with E-state index in [2.05, 4.69) is 0 Å². The van der Waals surface area contributed by atoms with Crippen LogP contribution in [0.1, 0.15) is 12.8 Å². The zero-order valence-corrected chi connectivity index (χ0v) is 17.8. The minimum Gasteiger partial charge on any atom is -0.370 e. The summed E-state index contributed by atoms with van der Waals surface area (Å²) in [6, 6.07) is -1.10. The first kappa shape index (κ1) is 25.6. The summed E-state index contributed by atoms with van der Waals surface area (Å²) in [5.41, 5.74) is -6.54. The highest BCUT2D eigenvalue weighted by atomic mass is 32.2. The molecule has 0 heterocycles. The van der Waals surface area contributed by atoms with Crippen LogP contribution in [0.3, 0.4) is 0 Å². The van der Waals surface area contributed by atoms with E-state index < -0.39 is 61.1 Å². The first-order valence-electron chi connectivity index (χ1n) is 8.63. The third kappa shape index (κ3) is 4.76. The van der Waals surface area contributed by atoms with E-state index in [1.807, 2.05) is 0 Å². The van der Waals surface area contributed by atoms with Gasteiger partial charge in [-0.3, -0.25) is 0 Å². The highest BCUT2D eigenvalue weighted by molar-refractivity contribution is 7.94. The van der Waals surface area contributed by atoms with Crippen LogP contribution in [0.15, 0.2) is 46.9 Å². The number of allylic oxidation sites excluding steroid dienone is 2. The summed E-state index contributed by atoms with van der Waals surface area (Å²) in [6.45, 7) is 0. The van der Waals surface area contributed by atoms with E-state index in [-0.39, 0.29) is 11.3 Å². The van der Waals surface area contributed by atoms with Gasteiger partial charge in [0.1, 0.15) is 0 Å². The zero-order valence-electron chi connectivity index (χ0n) is 16.1. The number of sulfone groups is 1. The molecule has 0 fully saturated rings. The van der Waals surface area contributed by atoms with Crippen LogP contribution in [0, 0.1) is 0 Å². The van der Waals surface area contributed by atoms with E-state index in [0.29, 0.717) is 12.2 Å². The first-order chi connectivity index (χ1) is 13.8. The molecule has 2 rings (SSSR count). The summed E-state index contributed by atoms with van der Waals surface area (Å²) < 4.78 is 127. The Balaban J connectivity index is 2.23. The second-order valence-corrected chi connectivity index (χ2v) is 11.3. The fraction of sp³-hybridized carbons (Fsp3) is 0.529. The Kier molecular flexibility index (Phi) is 6.65. The molecule has 0 saturated carbocycles. The maximum atomic E-state index is 13.0. The SMILES string of the molecule is CN(C1C=CC(C(O)(C(F)(F)F)C(F)(F)F)=CC1)S(=O)(=O)C1C=CC(S(C)(=O)=O)=CC1. The van der Waals surface area contributed by atoms with Gasteiger partial charge < -0.3 is 5.11 Å². The Morgan fingerprint density at radius 1 is 0.935 bits per heavy atom. The van der Waals surface area contributed by atoms with Crippen molar-refractivity contribution in [3.05, 3.63) is 46.9 Å². The molecule has 0 aromatic rings. The van der Waals surface area contributed by atoms with Gasteiger partial charge in [-0.15, -0.1) is 0 Å². The smallest absolute Gasteiger partial charge is 0.370 e. The Labute approximate surface area is 175 Å². The van der Waals surface area contributed by atoms with Crippen molar-refractivity contribution in [2.75, 3.05) is 13.3 Å². The lowest BCUT2D eigenvalue weighted by molar-refractivity contribution is -0.351. The largest absolute Gasteiger partial charge is 0.430 e. The van der Waals surface area contributed by atoms with Crippen molar-refractivity contribution in [1.29, 1.82) is 0 Å². The summed E-state index contributed by atoms with van der Waals surface area (Å²) >= 11 is 0. The first-order valence-corrected chi connectivity index (χ1v) is 12.0. The molecule has 2 unspecified atom stereocenters. The van der Waals surface area contributed by atoms with Crippen molar-refractivity contribution in [3.63, 3.8) is 0 Å². The topological polar surface area (TPSA) is 91.8 Å². The molecule has 31 heavy (non-hydrogen) atoms. The number of likely N-dealkylation sites (N-methyl/N-ethyl adjacent to an activating group) is 1. The van der Waals surface area contributed by atoms with Gasteiger partial charge in [0.05, 0.1) is 10.2 Å². The number of hydrogen-bond donors (Lipinski definition) is 1. The van der Waals surface area contributed by atoms with Gasteiger partial charge in [-0.1, -0.05) is 30.4 Å². The van der Waals surface area contributed by atoms with E-state index in [1.54, 1.807) is 0 Å². The molecule has 2 aliphatic carbocycles. The highest BCUT2D eigenvalue weighted by Crippen LogP contribution is 2.48. The summed E-state index contributed by atoms with van der Waals surface area (Å²) in [7, 11) is -6.56. The average molecular weight is 495 g/mol. The molecular formula is C17H19F6NO5S2. The normalized spacial score (nSPS) is 23.7. The summed E-state index contributed by atoms with van der Waals surface area (Å²) in [5.74, 6) is 0. The predicted molar refractivity (Wildman–Crippen MR) is 99.8 cm³/mol. The van der Waals surface area contributed by atoms with Crippen LogP contribution in [0.25, 0.3) is 0 Å². The third-order valence-corrected chi connectivity index (χ3v) is 8.37. The van der Waals surface area contributed by atoms with Crippen molar-refractivity contribution in [1.82, 2.24) is 4.31 Å². The maximum absolute atomic E-state index is 13.0. The molecular weight excluding hydrogens is 476 g/mol. The lowest BCUT2D eigenvalue weighted by Crippen LogP contribution is -2.58. The summed E-state index contributed by atoms with van der Waals surface area (Å²) in [5, 5.41) is 8.26. The number of aliphatic hydroxyl groups is 1. The van der Waals surface area contributed by atoms with Crippen LogP contribution in [0.5, 0.6) is 0 Å². The van der Waals surface area contributed by atoms with E-state index in [9.17, 15) is 48.3 Å². The Morgan fingerprint density at radius 2 is 1.48 bits per heavy atom. The minimum atomic E-state index is -6.04. The van der Waals surface area contributed by atoms with Gasteiger partial charge in [-0.2, -0.15) is 30.6 Å². The molecule has 0 aromatic carbocycles. The van der Waals surface area contributed by atoms with Crippen LogP contribution in [0.2, 0.25) is 0 Å². The molecule has 0 aliphatic heterocycles. The number of sulfonamides is 1. The lowest BCUT2D eigenvalue weighted by atomic mass is 9.87. The van der Waals surface area contributed by atoms with Crippen LogP contribution in [0.4, 0.5) is 26.3 Å². The lowest BCUT2D eigenvalue weighted by Gasteiger charge is -2.36. The quantitative estimate of drug-likeness (QED) is 0.593. The number of nitrogens with zero attached hydrogens (tertiary/aromatic N) is 1. The van der Waals surface area contributed by atoms with Crippen LogP contribution in [-0.4, -0.2) is 68.8 Å². The highest BCUT2D eigenvalue weighted by Gasteiger charge is 2.71. The van der Waals surface area contributed by atoms with Crippen molar-refractivity contribution >= 4 is 19.9 Å². The number of hydrogen-bond acceptors (Lipinski definition) is 5. The van der Waals surface area contributed by atoms with Gasteiger partial charge in [-0.25, -0.2) is 16.8 Å². The molecule has 6 nitrogen and oxygen atoms in total. The monoisotopic (exact) mass is 495 g/mol. The van der Waals surface area contributed by atoms with E-state index in [4.69, 9.17) is 0 Å². The van der Waals surface area contributed by atoms with E-state index in [1.165, 1.54) is 6.08 Å². The van der Waals surface area contributed by atoms with Crippen LogP contribution < -0.4 is 0 Å². The predicted octanol–water partition coefficient (Wildman–Crippen LogP) is 2.62. The average Bonchev–Trinajstić information content (AvgIpc) is 2.64. The molecule has 0 spiro atoms. The molecule has 2 aliphatic rings. The van der Waals surface area contributed by atoms with Crippen LogP contribution >= 0.6 is 0 Å². The third-order valence-electron chi connectivity index (χ3n) is 5.02. The second-order valence-electron chi connectivity index (χ2n) is 7.10. The molecule has 0 saturated heterocycles. The molecule has 1 N–H and O–H groups in total. The summed E-state index contributed by atoms with van der Waals surface area (Å²) in [6.07, 6.45) is -6.63. The van der Waals surface area contributed by atoms with Crippen LogP contribution in [-0.2, 0) is 19.9 Å². The Morgan fingerprint density at radius 3 is 1.84 bits per heavy atom. The molecule has 14 heteroatoms. The van der Waals surface area contributed by atoms with Gasteiger partial charge in [0.15, 0.2) is 9.84 Å². The Bertz CT molecular complexity index is 1040. The van der Waals surface area contributed by atoms with Crippen molar-refractivity contribution in [3.8, 4) is 0 Å². The van der Waals surface area contributed by atoms with E-state index >= 15 is 0 Å². The fourth-order valence-corrected chi connectivity index (χ4v) is 5.42. The standard InChI is InChI=1S/C17H19F6NO5S2/c1-24(31(28,29)14-9-7-13(8-10-14)30(2,26)27)12-5-3-11(4-6-12)15(25,16(18,19)20)17(21,22)23/h3-5,7-9,12,14,25H,6,10H2,1-2H3. The van der Waals surface area contributed by atoms with E-state index in [0.717, 1.165) is 35.8 Å². The van der Waals surface area contributed by atoms with Crippen molar-refractivity contribution in [2.45, 2.75) is 42.1 Å². The van der Waals surface area contributed by atoms with Gasteiger partial charge in [0.2, 0.25) is 10.0 Å². The van der Waals surface area contributed by atoms with Crippen molar-refractivity contribution in [2.24, 2.45) is 0 Å². The number of alkyl halides is 6. The summed E-state index contributed by atoms with van der Waals surface area (Å²) in [4.78, 5) is -0.0645. The van der Waals surface area contributed by atoms with Crippen molar-refractivity contribution < 1.29 is 48.3 Å². The Hall–Kier alpha value is -1.64. The fourth-order valence-electron chi connectivity index (χ4n) is 3.11. The van der Waals surface area contributed by atoms with Gasteiger partial charge in [0.25, 0.3) is 5.60 Å². The molecule has 0 radical (unpaired) electrons. The van der Waals surface area contributed by atoms with Gasteiger partial charge >= 0.3 is 12.4 Å². The number of halogens is 6. The zero-order chi connectivity index (χ0) is 24.0. The molecule has 2 atom stereocenters. The molecule has 176 valence electrons. The van der Waals surface area contributed by atoms with Gasteiger partial charge in [-0.05, 0) is 24.5 Å². The van der Waals surface area contributed by atoms with Gasteiger partial charge in [0, 0.05) is 19.3 Å².